The highest BCUT2D eigenvalue weighted by atomic mass is 19.1. The van der Waals surface area contributed by atoms with Crippen molar-refractivity contribution in [1.29, 1.82) is 0 Å². The van der Waals surface area contributed by atoms with Gasteiger partial charge in [0.05, 0.1) is 13.2 Å². The van der Waals surface area contributed by atoms with Gasteiger partial charge in [-0.25, -0.2) is 9.18 Å². The molecule has 0 aromatic heterocycles. The maximum Gasteiger partial charge on any atom is 0.341 e. The van der Waals surface area contributed by atoms with E-state index in [1.54, 1.807) is 12.0 Å². The van der Waals surface area contributed by atoms with Gasteiger partial charge in [0, 0.05) is 18.5 Å². The number of amides is 1. The largest absolute Gasteiger partial charge is 0.496 e. The summed E-state index contributed by atoms with van der Waals surface area (Å²) in [6, 6.07) is 18.9. The van der Waals surface area contributed by atoms with Crippen molar-refractivity contribution in [2.24, 2.45) is 0 Å². The first-order valence-corrected chi connectivity index (χ1v) is 11.6. The van der Waals surface area contributed by atoms with Crippen LogP contribution in [0.25, 0.3) is 0 Å². The lowest BCUT2D eigenvalue weighted by molar-refractivity contribution is -0.139. The van der Waals surface area contributed by atoms with Gasteiger partial charge in [-0.15, -0.1) is 0 Å². The van der Waals surface area contributed by atoms with Gasteiger partial charge in [0.2, 0.25) is 5.91 Å². The summed E-state index contributed by atoms with van der Waals surface area (Å²) in [7, 11) is 1.63. The number of halogens is 1. The maximum atomic E-state index is 14.4. The fourth-order valence-electron chi connectivity index (χ4n) is 4.66. The molecule has 1 N–H and O–H groups in total. The second-order valence-electron chi connectivity index (χ2n) is 8.47. The van der Waals surface area contributed by atoms with Gasteiger partial charge in [0.1, 0.15) is 17.3 Å². The summed E-state index contributed by atoms with van der Waals surface area (Å²) in [5.41, 5.74) is 3.45. The van der Waals surface area contributed by atoms with Gasteiger partial charge in [-0.1, -0.05) is 42.5 Å². The van der Waals surface area contributed by atoms with Crippen molar-refractivity contribution in [2.45, 2.75) is 31.7 Å². The normalized spacial score (nSPS) is 14.8. The molecule has 1 amide bonds. The van der Waals surface area contributed by atoms with Crippen molar-refractivity contribution in [3.8, 4) is 11.5 Å². The molecular formula is C28H28FNO5. The molecule has 3 aromatic carbocycles. The number of methoxy groups -OCH3 is 1. The number of fused-ring (bicyclic) bond motifs is 1. The summed E-state index contributed by atoms with van der Waals surface area (Å²) in [6.45, 7) is -0.0795. The van der Waals surface area contributed by atoms with Gasteiger partial charge in [0.25, 0.3) is 0 Å². The molecule has 6 nitrogen and oxygen atoms in total. The van der Waals surface area contributed by atoms with Crippen LogP contribution in [0.5, 0.6) is 11.5 Å². The van der Waals surface area contributed by atoms with Crippen LogP contribution in [0.1, 0.15) is 41.1 Å². The van der Waals surface area contributed by atoms with Gasteiger partial charge >= 0.3 is 5.97 Å². The van der Waals surface area contributed by atoms with E-state index >= 15 is 0 Å². The lowest BCUT2D eigenvalue weighted by Crippen LogP contribution is -2.40. The second kappa shape index (κ2) is 11.0. The van der Waals surface area contributed by atoms with E-state index in [-0.39, 0.29) is 11.7 Å². The van der Waals surface area contributed by atoms with Crippen molar-refractivity contribution in [3.05, 3.63) is 94.8 Å². The average Bonchev–Trinajstić information content (AvgIpc) is 2.87. The Labute approximate surface area is 203 Å². The maximum absolute atomic E-state index is 14.4. The summed E-state index contributed by atoms with van der Waals surface area (Å²) in [5.74, 6) is -0.609. The molecule has 1 aliphatic rings. The van der Waals surface area contributed by atoms with Gasteiger partial charge in [-0.3, -0.25) is 4.79 Å². The third kappa shape index (κ3) is 5.62. The molecule has 0 saturated carbocycles. The number of hydrogen-bond acceptors (Lipinski definition) is 4. The number of carbonyl (C=O) groups excluding carboxylic acids is 1. The summed E-state index contributed by atoms with van der Waals surface area (Å²) in [5, 5.41) is 9.08. The van der Waals surface area contributed by atoms with E-state index in [9.17, 15) is 14.0 Å². The number of carboxylic acids is 1. The van der Waals surface area contributed by atoms with E-state index < -0.39 is 24.4 Å². The quantitative estimate of drug-likeness (QED) is 0.479. The van der Waals surface area contributed by atoms with Crippen LogP contribution >= 0.6 is 0 Å². The number of para-hydroxylation sites is 1. The lowest BCUT2D eigenvalue weighted by Gasteiger charge is -2.38. The second-order valence-corrected chi connectivity index (χ2v) is 8.47. The molecule has 1 heterocycles. The number of aliphatic carboxylic acids is 1. The van der Waals surface area contributed by atoms with Gasteiger partial charge in [-0.2, -0.15) is 0 Å². The zero-order valence-corrected chi connectivity index (χ0v) is 19.6. The smallest absolute Gasteiger partial charge is 0.341 e. The molecule has 1 atom stereocenters. The van der Waals surface area contributed by atoms with Crippen molar-refractivity contribution in [1.82, 2.24) is 4.90 Å². The third-order valence-electron chi connectivity index (χ3n) is 6.25. The number of aryl methyl sites for hydroxylation is 1. The van der Waals surface area contributed by atoms with E-state index in [1.165, 1.54) is 18.2 Å². The molecule has 3 aromatic rings. The summed E-state index contributed by atoms with van der Waals surface area (Å²) < 4.78 is 25.3. The number of carbonyl (C=O) groups is 2. The Kier molecular flexibility index (Phi) is 7.65. The number of nitrogens with zero attached hydrogens (tertiary/aromatic N) is 1. The average molecular weight is 478 g/mol. The molecular weight excluding hydrogens is 449 g/mol. The molecule has 182 valence electrons. The predicted octanol–water partition coefficient (Wildman–Crippen LogP) is 4.79. The Morgan fingerprint density at radius 3 is 2.60 bits per heavy atom. The molecule has 7 heteroatoms. The van der Waals surface area contributed by atoms with Crippen molar-refractivity contribution >= 4 is 11.9 Å². The number of ether oxygens (including phenoxy) is 2. The molecule has 4 rings (SSSR count). The molecule has 1 unspecified atom stereocenters. The van der Waals surface area contributed by atoms with E-state index in [1.807, 2.05) is 48.5 Å². The Morgan fingerprint density at radius 2 is 1.80 bits per heavy atom. The van der Waals surface area contributed by atoms with Crippen LogP contribution in [0.4, 0.5) is 4.39 Å². The van der Waals surface area contributed by atoms with Crippen LogP contribution in [-0.4, -0.2) is 42.1 Å². The first kappa shape index (κ1) is 24.3. The lowest BCUT2D eigenvalue weighted by atomic mass is 9.87. The Morgan fingerprint density at radius 1 is 1.03 bits per heavy atom. The number of hydrogen-bond donors (Lipinski definition) is 1. The van der Waals surface area contributed by atoms with Gasteiger partial charge in [-0.05, 0) is 60.2 Å². The predicted molar refractivity (Wildman–Crippen MR) is 129 cm³/mol. The summed E-state index contributed by atoms with van der Waals surface area (Å²) >= 11 is 0. The van der Waals surface area contributed by atoms with Gasteiger partial charge in [0.15, 0.2) is 6.61 Å². The SMILES string of the molecule is COc1ccccc1CCCC(=O)N1CCc2ccccc2C1c1cc(F)ccc1OCC(=O)O. The van der Waals surface area contributed by atoms with Crippen LogP contribution in [0.3, 0.4) is 0 Å². The van der Waals surface area contributed by atoms with Crippen LogP contribution in [-0.2, 0) is 22.4 Å². The Balaban J connectivity index is 1.61. The number of rotatable bonds is 9. The van der Waals surface area contributed by atoms with Crippen molar-refractivity contribution < 1.29 is 28.6 Å². The Bertz CT molecular complexity index is 1210. The zero-order chi connectivity index (χ0) is 24.8. The Hall–Kier alpha value is -3.87. The minimum absolute atomic E-state index is 0.0483. The standard InChI is InChI=1S/C28H28FNO5/c1-34-24-11-5-3-8-20(24)9-6-12-26(31)30-16-15-19-7-2-4-10-22(19)28(30)23-17-21(29)13-14-25(23)35-18-27(32)33/h2-5,7-8,10-11,13-14,17,28H,6,9,12,15-16,18H2,1H3,(H,32,33). The highest BCUT2D eigenvalue weighted by Gasteiger charge is 2.34. The molecule has 0 aliphatic carbocycles. The van der Waals surface area contributed by atoms with Crippen LogP contribution in [0.15, 0.2) is 66.7 Å². The number of benzene rings is 3. The van der Waals surface area contributed by atoms with E-state index in [2.05, 4.69) is 0 Å². The fraction of sp³-hybridized carbons (Fsp3) is 0.286. The molecule has 35 heavy (non-hydrogen) atoms. The fourth-order valence-corrected chi connectivity index (χ4v) is 4.66. The highest BCUT2D eigenvalue weighted by molar-refractivity contribution is 5.78. The molecule has 1 aliphatic heterocycles. The minimum Gasteiger partial charge on any atom is -0.496 e. The van der Waals surface area contributed by atoms with Crippen LogP contribution in [0.2, 0.25) is 0 Å². The topological polar surface area (TPSA) is 76.1 Å². The summed E-state index contributed by atoms with van der Waals surface area (Å²) in [6.07, 6.45) is 2.33. The third-order valence-corrected chi connectivity index (χ3v) is 6.25. The van der Waals surface area contributed by atoms with E-state index in [0.717, 1.165) is 22.4 Å². The van der Waals surface area contributed by atoms with E-state index in [4.69, 9.17) is 14.6 Å². The summed E-state index contributed by atoms with van der Waals surface area (Å²) in [4.78, 5) is 26.3. The molecule has 0 radical (unpaired) electrons. The zero-order valence-electron chi connectivity index (χ0n) is 19.6. The molecule has 0 spiro atoms. The first-order valence-electron chi connectivity index (χ1n) is 11.6. The van der Waals surface area contributed by atoms with Gasteiger partial charge < -0.3 is 19.5 Å². The minimum atomic E-state index is -1.13. The molecule has 0 bridgehead atoms. The monoisotopic (exact) mass is 477 g/mol. The van der Waals surface area contributed by atoms with E-state index in [0.29, 0.717) is 37.8 Å². The van der Waals surface area contributed by atoms with Crippen molar-refractivity contribution in [2.75, 3.05) is 20.3 Å². The number of carboxylic acid groups (broad SMARTS) is 1. The van der Waals surface area contributed by atoms with Crippen LogP contribution < -0.4 is 9.47 Å². The molecule has 0 fully saturated rings. The molecule has 0 saturated heterocycles. The highest BCUT2D eigenvalue weighted by Crippen LogP contribution is 2.40. The van der Waals surface area contributed by atoms with Crippen molar-refractivity contribution in [3.63, 3.8) is 0 Å². The van der Waals surface area contributed by atoms with Crippen LogP contribution in [0, 0.1) is 5.82 Å². The first-order chi connectivity index (χ1) is 17.0.